The predicted molar refractivity (Wildman–Crippen MR) is 86.7 cm³/mol. The number of imidazole rings is 1. The molecule has 0 fully saturated rings. The lowest BCUT2D eigenvalue weighted by molar-refractivity contribution is 0.882. The molecule has 2 aromatic heterocycles. The molecule has 0 radical (unpaired) electrons. The molecule has 104 valence electrons. The predicted octanol–water partition coefficient (Wildman–Crippen LogP) is 3.99. The van der Waals surface area contributed by atoms with Gasteiger partial charge in [0.1, 0.15) is 11.2 Å². The molecule has 1 N–H and O–H groups in total. The highest BCUT2D eigenvalue weighted by molar-refractivity contribution is 7.98. The Morgan fingerprint density at radius 2 is 1.95 bits per heavy atom. The number of nitrogens with one attached hydrogen (secondary N) is 1. The lowest BCUT2D eigenvalue weighted by Crippen LogP contribution is -2.26. The molecule has 1 aliphatic heterocycles. The van der Waals surface area contributed by atoms with Gasteiger partial charge in [0.05, 0.1) is 17.7 Å². The summed E-state index contributed by atoms with van der Waals surface area (Å²) in [6.45, 7) is 0. The topological polar surface area (TPSA) is 44.8 Å². The molecule has 0 aliphatic carbocycles. The Hall–Kier alpha value is -2.27. The van der Waals surface area contributed by atoms with E-state index < -0.39 is 0 Å². The summed E-state index contributed by atoms with van der Waals surface area (Å²) in [7, 11) is 0. The molecule has 1 unspecified atom stereocenters. The lowest BCUT2D eigenvalue weighted by atomic mass is 10.1. The molecular formula is C16H14N4S. The molecule has 0 amide bonds. The van der Waals surface area contributed by atoms with Crippen LogP contribution in [0.5, 0.6) is 0 Å². The average molecular weight is 294 g/mol. The standard InChI is InChI=1S/C16H14N4S/c1-21-16-14-13(18-10-19-14)12-8-5-9-17-15(12)20(16)11-6-3-2-4-7-11/h2-10,16H,1H3,(H,18,19). The number of rotatable bonds is 2. The van der Waals surface area contributed by atoms with E-state index >= 15 is 0 Å². The third-order valence-electron chi connectivity index (χ3n) is 3.68. The zero-order chi connectivity index (χ0) is 14.2. The van der Waals surface area contributed by atoms with Crippen LogP contribution in [0.1, 0.15) is 11.1 Å². The largest absolute Gasteiger partial charge is 0.345 e. The maximum Gasteiger partial charge on any atom is 0.143 e. The number of benzene rings is 1. The zero-order valence-electron chi connectivity index (χ0n) is 11.5. The van der Waals surface area contributed by atoms with Crippen LogP contribution in [0.15, 0.2) is 55.0 Å². The summed E-state index contributed by atoms with van der Waals surface area (Å²) in [6, 6.07) is 14.4. The number of hydrogen-bond acceptors (Lipinski definition) is 4. The molecule has 0 bridgehead atoms. The number of aromatic nitrogens is 3. The van der Waals surface area contributed by atoms with Crippen molar-refractivity contribution < 1.29 is 0 Å². The van der Waals surface area contributed by atoms with Crippen LogP contribution in [0.4, 0.5) is 11.5 Å². The van der Waals surface area contributed by atoms with Gasteiger partial charge in [-0.2, -0.15) is 0 Å². The van der Waals surface area contributed by atoms with Gasteiger partial charge in [0.15, 0.2) is 0 Å². The van der Waals surface area contributed by atoms with E-state index in [1.807, 2.05) is 18.3 Å². The number of para-hydroxylation sites is 1. The second-order valence-electron chi connectivity index (χ2n) is 4.83. The van der Waals surface area contributed by atoms with Crippen molar-refractivity contribution in [2.75, 3.05) is 11.2 Å². The SMILES string of the molecule is CSC1c2[nH]cnc2-c2cccnc2N1c1ccccc1. The molecule has 0 saturated carbocycles. The molecule has 1 atom stereocenters. The lowest BCUT2D eigenvalue weighted by Gasteiger charge is -2.36. The minimum atomic E-state index is 0.146. The fourth-order valence-electron chi connectivity index (χ4n) is 2.79. The van der Waals surface area contributed by atoms with E-state index in [-0.39, 0.29) is 5.37 Å². The summed E-state index contributed by atoms with van der Waals surface area (Å²) in [5.74, 6) is 0.961. The number of anilines is 2. The first-order chi connectivity index (χ1) is 10.4. The van der Waals surface area contributed by atoms with Crippen LogP contribution in [0.25, 0.3) is 11.3 Å². The number of thioether (sulfide) groups is 1. The average Bonchev–Trinajstić information content (AvgIpc) is 3.04. The summed E-state index contributed by atoms with van der Waals surface area (Å²) in [6.07, 6.45) is 5.71. The van der Waals surface area contributed by atoms with Crippen molar-refractivity contribution >= 4 is 23.3 Å². The smallest absolute Gasteiger partial charge is 0.143 e. The van der Waals surface area contributed by atoms with Crippen molar-refractivity contribution in [2.45, 2.75) is 5.37 Å². The molecule has 1 aliphatic rings. The van der Waals surface area contributed by atoms with Gasteiger partial charge in [-0.05, 0) is 30.5 Å². The van der Waals surface area contributed by atoms with Gasteiger partial charge in [0.25, 0.3) is 0 Å². The van der Waals surface area contributed by atoms with Crippen LogP contribution in [-0.2, 0) is 0 Å². The number of aromatic amines is 1. The Morgan fingerprint density at radius 1 is 1.10 bits per heavy atom. The second kappa shape index (κ2) is 4.93. The summed E-state index contributed by atoms with van der Waals surface area (Å²) in [5, 5.41) is 0.146. The normalized spacial score (nSPS) is 16.4. The van der Waals surface area contributed by atoms with Gasteiger partial charge in [-0.3, -0.25) is 0 Å². The van der Waals surface area contributed by atoms with E-state index in [1.165, 1.54) is 0 Å². The number of hydrogen-bond donors (Lipinski definition) is 1. The van der Waals surface area contributed by atoms with Crippen LogP contribution >= 0.6 is 11.8 Å². The van der Waals surface area contributed by atoms with Gasteiger partial charge in [0, 0.05) is 17.4 Å². The molecule has 0 saturated heterocycles. The first kappa shape index (κ1) is 12.5. The van der Waals surface area contributed by atoms with Gasteiger partial charge < -0.3 is 9.88 Å². The highest BCUT2D eigenvalue weighted by Crippen LogP contribution is 2.49. The minimum Gasteiger partial charge on any atom is -0.345 e. The van der Waals surface area contributed by atoms with Crippen LogP contribution < -0.4 is 4.90 Å². The van der Waals surface area contributed by atoms with Crippen molar-refractivity contribution in [3.05, 3.63) is 60.7 Å². The third-order valence-corrected chi connectivity index (χ3v) is 4.57. The van der Waals surface area contributed by atoms with E-state index in [2.05, 4.69) is 56.4 Å². The minimum absolute atomic E-state index is 0.146. The van der Waals surface area contributed by atoms with Crippen molar-refractivity contribution in [1.82, 2.24) is 15.0 Å². The van der Waals surface area contributed by atoms with Gasteiger partial charge in [-0.25, -0.2) is 9.97 Å². The number of pyridine rings is 1. The molecule has 1 aromatic carbocycles. The highest BCUT2D eigenvalue weighted by atomic mass is 32.2. The van der Waals surface area contributed by atoms with E-state index in [1.54, 1.807) is 18.1 Å². The molecule has 5 heteroatoms. The third kappa shape index (κ3) is 1.85. The van der Waals surface area contributed by atoms with Crippen LogP contribution in [0.2, 0.25) is 0 Å². The fourth-order valence-corrected chi connectivity index (χ4v) is 3.64. The highest BCUT2D eigenvalue weighted by Gasteiger charge is 2.34. The molecule has 3 aromatic rings. The molecule has 0 spiro atoms. The van der Waals surface area contributed by atoms with Crippen molar-refractivity contribution in [2.24, 2.45) is 0 Å². The van der Waals surface area contributed by atoms with E-state index in [4.69, 9.17) is 0 Å². The quantitative estimate of drug-likeness (QED) is 0.776. The first-order valence-electron chi connectivity index (χ1n) is 6.76. The molecule has 4 rings (SSSR count). The van der Waals surface area contributed by atoms with Gasteiger partial charge in [-0.15, -0.1) is 11.8 Å². The fraction of sp³-hybridized carbons (Fsp3) is 0.125. The van der Waals surface area contributed by atoms with Gasteiger partial charge in [0.2, 0.25) is 0 Å². The summed E-state index contributed by atoms with van der Waals surface area (Å²) >= 11 is 1.77. The maximum atomic E-state index is 4.61. The summed E-state index contributed by atoms with van der Waals surface area (Å²) in [4.78, 5) is 14.7. The Morgan fingerprint density at radius 3 is 2.76 bits per heavy atom. The number of nitrogens with zero attached hydrogens (tertiary/aromatic N) is 3. The van der Waals surface area contributed by atoms with E-state index in [0.29, 0.717) is 0 Å². The van der Waals surface area contributed by atoms with Gasteiger partial charge in [-0.1, -0.05) is 18.2 Å². The Balaban J connectivity index is 1.98. The van der Waals surface area contributed by atoms with Crippen molar-refractivity contribution in [3.63, 3.8) is 0 Å². The summed E-state index contributed by atoms with van der Waals surface area (Å²) < 4.78 is 0. The van der Waals surface area contributed by atoms with Gasteiger partial charge >= 0.3 is 0 Å². The van der Waals surface area contributed by atoms with Crippen molar-refractivity contribution in [3.8, 4) is 11.3 Å². The molecule has 4 nitrogen and oxygen atoms in total. The van der Waals surface area contributed by atoms with Crippen LogP contribution in [-0.4, -0.2) is 21.2 Å². The Labute approximate surface area is 127 Å². The second-order valence-corrected chi connectivity index (χ2v) is 5.75. The Kier molecular flexibility index (Phi) is 2.93. The van der Waals surface area contributed by atoms with Crippen LogP contribution in [0.3, 0.4) is 0 Å². The number of fused-ring (bicyclic) bond motifs is 3. The van der Waals surface area contributed by atoms with Crippen LogP contribution in [0, 0.1) is 0 Å². The maximum absolute atomic E-state index is 4.61. The molecule has 21 heavy (non-hydrogen) atoms. The molecular weight excluding hydrogens is 280 g/mol. The van der Waals surface area contributed by atoms with E-state index in [0.717, 1.165) is 28.5 Å². The summed E-state index contributed by atoms with van der Waals surface area (Å²) in [5.41, 5.74) is 4.34. The monoisotopic (exact) mass is 294 g/mol. The zero-order valence-corrected chi connectivity index (χ0v) is 12.3. The van der Waals surface area contributed by atoms with Crippen molar-refractivity contribution in [1.29, 1.82) is 0 Å². The first-order valence-corrected chi connectivity index (χ1v) is 8.04. The number of H-pyrrole nitrogens is 1. The molecule has 3 heterocycles. The van der Waals surface area contributed by atoms with E-state index in [9.17, 15) is 0 Å². The Bertz CT molecular complexity index is 769.